The van der Waals surface area contributed by atoms with Crippen LogP contribution >= 0.6 is 0 Å². The lowest BCUT2D eigenvalue weighted by Crippen LogP contribution is -2.25. The van der Waals surface area contributed by atoms with Gasteiger partial charge in [0.2, 0.25) is 0 Å². The molecule has 2 aromatic rings. The van der Waals surface area contributed by atoms with E-state index in [0.29, 0.717) is 24.4 Å². The maximum absolute atomic E-state index is 12.9. The van der Waals surface area contributed by atoms with Crippen LogP contribution < -0.4 is 5.32 Å². The molecule has 0 amide bonds. The number of sulfone groups is 1. The number of hydrogen-bond donors (Lipinski definition) is 1. The van der Waals surface area contributed by atoms with Gasteiger partial charge in [0.1, 0.15) is 5.60 Å². The van der Waals surface area contributed by atoms with Crippen LogP contribution in [0.15, 0.2) is 41.6 Å². The SMILES string of the molecule is CC(C)(C)OC(=O)c1cc(S(=O)(=O)C2CC2)ncc1Nc1ccccc1C1CC1. The highest BCUT2D eigenvalue weighted by atomic mass is 32.2. The van der Waals surface area contributed by atoms with Crippen molar-refractivity contribution in [1.29, 1.82) is 0 Å². The van der Waals surface area contributed by atoms with Gasteiger partial charge < -0.3 is 10.1 Å². The maximum Gasteiger partial charge on any atom is 0.340 e. The molecule has 2 aliphatic rings. The molecule has 6 nitrogen and oxygen atoms in total. The van der Waals surface area contributed by atoms with Crippen LogP contribution in [0, 0.1) is 0 Å². The third kappa shape index (κ3) is 4.45. The second-order valence-electron chi connectivity index (χ2n) is 8.80. The summed E-state index contributed by atoms with van der Waals surface area (Å²) in [6, 6.07) is 9.32. The number of benzene rings is 1. The minimum Gasteiger partial charge on any atom is -0.456 e. The highest BCUT2D eigenvalue weighted by molar-refractivity contribution is 7.92. The quantitative estimate of drug-likeness (QED) is 0.696. The lowest BCUT2D eigenvalue weighted by atomic mass is 10.1. The van der Waals surface area contributed by atoms with E-state index < -0.39 is 26.7 Å². The second kappa shape index (κ2) is 7.13. The molecule has 0 aliphatic heterocycles. The molecule has 2 fully saturated rings. The van der Waals surface area contributed by atoms with E-state index in [-0.39, 0.29) is 10.6 Å². The van der Waals surface area contributed by atoms with Crippen LogP contribution in [0.3, 0.4) is 0 Å². The van der Waals surface area contributed by atoms with E-state index >= 15 is 0 Å². The number of anilines is 2. The van der Waals surface area contributed by atoms with Gasteiger partial charge in [-0.05, 0) is 70.1 Å². The number of carbonyl (C=O) groups is 1. The average molecular weight is 415 g/mol. The zero-order valence-corrected chi connectivity index (χ0v) is 17.8. The van der Waals surface area contributed by atoms with Gasteiger partial charge in [-0.25, -0.2) is 18.2 Å². The molecule has 0 saturated heterocycles. The predicted octanol–water partition coefficient (Wildman–Crippen LogP) is 4.59. The largest absolute Gasteiger partial charge is 0.456 e. The Kier molecular flexibility index (Phi) is 4.89. The normalized spacial score (nSPS) is 17.1. The zero-order chi connectivity index (χ0) is 20.8. The molecule has 0 bridgehead atoms. The van der Waals surface area contributed by atoms with Gasteiger partial charge in [0.25, 0.3) is 0 Å². The third-order valence-corrected chi connectivity index (χ3v) is 7.16. The van der Waals surface area contributed by atoms with Gasteiger partial charge in [0, 0.05) is 5.69 Å². The number of hydrogen-bond acceptors (Lipinski definition) is 6. The number of nitrogens with one attached hydrogen (secondary N) is 1. The summed E-state index contributed by atoms with van der Waals surface area (Å²) >= 11 is 0. The molecule has 0 atom stereocenters. The van der Waals surface area contributed by atoms with Crippen molar-refractivity contribution in [3.8, 4) is 0 Å². The highest BCUT2D eigenvalue weighted by Gasteiger charge is 2.38. The fourth-order valence-corrected chi connectivity index (χ4v) is 4.83. The van der Waals surface area contributed by atoms with Crippen LogP contribution in [0.2, 0.25) is 0 Å². The lowest BCUT2D eigenvalue weighted by molar-refractivity contribution is 0.00703. The molecule has 154 valence electrons. The minimum absolute atomic E-state index is 0.0677. The number of nitrogens with zero attached hydrogens (tertiary/aromatic N) is 1. The molecule has 0 radical (unpaired) electrons. The Morgan fingerprint density at radius 2 is 1.79 bits per heavy atom. The van der Waals surface area contributed by atoms with E-state index in [0.717, 1.165) is 18.5 Å². The predicted molar refractivity (Wildman–Crippen MR) is 111 cm³/mol. The van der Waals surface area contributed by atoms with E-state index in [1.54, 1.807) is 20.8 Å². The van der Waals surface area contributed by atoms with Crippen LogP contribution in [0.5, 0.6) is 0 Å². The fraction of sp³-hybridized carbons (Fsp3) is 0.455. The molecule has 4 rings (SSSR count). The molecule has 29 heavy (non-hydrogen) atoms. The summed E-state index contributed by atoms with van der Waals surface area (Å²) in [6.45, 7) is 5.34. The Labute approximate surface area is 171 Å². The number of aromatic nitrogens is 1. The van der Waals surface area contributed by atoms with Crippen LogP contribution in [0.1, 0.15) is 68.3 Å². The van der Waals surface area contributed by atoms with Gasteiger partial charge in [-0.1, -0.05) is 18.2 Å². The molecule has 1 aromatic carbocycles. The summed E-state index contributed by atoms with van der Waals surface area (Å²) in [5.74, 6) is -0.0512. The van der Waals surface area contributed by atoms with Crippen molar-refractivity contribution in [3.05, 3.63) is 47.7 Å². The summed E-state index contributed by atoms with van der Waals surface area (Å²) in [5.41, 5.74) is 2.03. The highest BCUT2D eigenvalue weighted by Crippen LogP contribution is 2.44. The summed E-state index contributed by atoms with van der Waals surface area (Å²) in [5, 5.41) is 2.83. The first-order valence-corrected chi connectivity index (χ1v) is 11.5. The summed E-state index contributed by atoms with van der Waals surface area (Å²) in [6.07, 6.45) is 5.00. The topological polar surface area (TPSA) is 85.4 Å². The van der Waals surface area contributed by atoms with Crippen LogP contribution in [0.4, 0.5) is 11.4 Å². The van der Waals surface area contributed by atoms with E-state index in [9.17, 15) is 13.2 Å². The Morgan fingerprint density at radius 1 is 1.10 bits per heavy atom. The van der Waals surface area contributed by atoms with Gasteiger partial charge in [0.05, 0.1) is 22.7 Å². The summed E-state index contributed by atoms with van der Waals surface area (Å²) in [4.78, 5) is 17.1. The average Bonchev–Trinajstić information content (AvgIpc) is 3.54. The van der Waals surface area contributed by atoms with Crippen molar-refractivity contribution >= 4 is 27.2 Å². The van der Waals surface area contributed by atoms with Crippen LogP contribution in [-0.4, -0.2) is 30.2 Å². The van der Waals surface area contributed by atoms with Crippen molar-refractivity contribution < 1.29 is 17.9 Å². The van der Waals surface area contributed by atoms with E-state index in [4.69, 9.17) is 4.74 Å². The molecule has 7 heteroatoms. The number of esters is 1. The first kappa shape index (κ1) is 19.9. The van der Waals surface area contributed by atoms with Crippen molar-refractivity contribution in [2.24, 2.45) is 0 Å². The molecule has 2 aliphatic carbocycles. The van der Waals surface area contributed by atoms with Crippen molar-refractivity contribution in [1.82, 2.24) is 4.98 Å². The first-order chi connectivity index (χ1) is 13.6. The van der Waals surface area contributed by atoms with E-state index in [1.807, 2.05) is 18.2 Å². The van der Waals surface area contributed by atoms with Crippen molar-refractivity contribution in [2.75, 3.05) is 5.32 Å². The van der Waals surface area contributed by atoms with Gasteiger partial charge in [-0.15, -0.1) is 0 Å². The molecule has 1 N–H and O–H groups in total. The molecule has 2 saturated carbocycles. The molecule has 1 heterocycles. The number of para-hydroxylation sites is 1. The smallest absolute Gasteiger partial charge is 0.340 e. The standard InChI is InChI=1S/C22H26N2O4S/c1-22(2,3)28-21(25)17-12-20(29(26,27)15-10-11-15)23-13-19(17)24-18-7-5-4-6-16(18)14-8-9-14/h4-7,12-15,24H,8-11H2,1-3H3. The Hall–Kier alpha value is -2.41. The Bertz CT molecular complexity index is 1050. The molecular formula is C22H26N2O4S. The Morgan fingerprint density at radius 3 is 2.41 bits per heavy atom. The van der Waals surface area contributed by atoms with Gasteiger partial charge in [-0.3, -0.25) is 0 Å². The third-order valence-electron chi connectivity index (χ3n) is 5.00. The lowest BCUT2D eigenvalue weighted by Gasteiger charge is -2.21. The van der Waals surface area contributed by atoms with Gasteiger partial charge in [-0.2, -0.15) is 0 Å². The van der Waals surface area contributed by atoms with Crippen molar-refractivity contribution in [2.45, 2.75) is 68.2 Å². The number of carbonyl (C=O) groups excluding carboxylic acids is 1. The van der Waals surface area contributed by atoms with Gasteiger partial charge >= 0.3 is 5.97 Å². The van der Waals surface area contributed by atoms with E-state index in [2.05, 4.69) is 16.4 Å². The Balaban J connectivity index is 1.73. The molecule has 0 spiro atoms. The van der Waals surface area contributed by atoms with Crippen LogP contribution in [0.25, 0.3) is 0 Å². The summed E-state index contributed by atoms with van der Waals surface area (Å²) < 4.78 is 30.8. The fourth-order valence-electron chi connectivity index (χ4n) is 3.25. The molecule has 1 aromatic heterocycles. The van der Waals surface area contributed by atoms with Crippen molar-refractivity contribution in [3.63, 3.8) is 0 Å². The molecular weight excluding hydrogens is 388 g/mol. The van der Waals surface area contributed by atoms with Crippen LogP contribution in [-0.2, 0) is 14.6 Å². The summed E-state index contributed by atoms with van der Waals surface area (Å²) in [7, 11) is -3.51. The van der Waals surface area contributed by atoms with E-state index in [1.165, 1.54) is 17.8 Å². The van der Waals surface area contributed by atoms with Gasteiger partial charge in [0.15, 0.2) is 14.9 Å². The number of rotatable bonds is 6. The minimum atomic E-state index is -3.51. The number of ether oxygens (including phenoxy) is 1. The zero-order valence-electron chi connectivity index (χ0n) is 16.9. The monoisotopic (exact) mass is 414 g/mol. The number of pyridine rings is 1. The second-order valence-corrected chi connectivity index (χ2v) is 11.0. The first-order valence-electron chi connectivity index (χ1n) is 9.98. The molecule has 0 unspecified atom stereocenters. The maximum atomic E-state index is 12.9.